The van der Waals surface area contributed by atoms with Gasteiger partial charge in [0.15, 0.2) is 21.4 Å². The van der Waals surface area contributed by atoms with Gasteiger partial charge in [0.1, 0.15) is 10.6 Å². The SMILES string of the molecule is NC[C@@]1(N)CCC2(S(=O)(=O)c3ccc(Cl)cc3)c3c(F)ccc(F)c3OC[C@@H]2C1. The average molecular weight is 443 g/mol. The summed E-state index contributed by atoms with van der Waals surface area (Å²) in [5.74, 6) is -2.65. The van der Waals surface area contributed by atoms with E-state index in [-0.39, 0.29) is 48.6 Å². The first-order chi connectivity index (χ1) is 13.6. The van der Waals surface area contributed by atoms with Crippen molar-refractivity contribution < 1.29 is 21.9 Å². The predicted octanol–water partition coefficient (Wildman–Crippen LogP) is 3.14. The Kier molecular flexibility index (Phi) is 4.89. The van der Waals surface area contributed by atoms with Crippen LogP contribution < -0.4 is 16.2 Å². The molecule has 1 saturated carbocycles. The van der Waals surface area contributed by atoms with Gasteiger partial charge in [-0.3, -0.25) is 0 Å². The standard InChI is InChI=1S/C20H21ClF2N2O3S/c21-13-1-3-14(4-2-13)29(26,27)20-8-7-19(25,11-24)9-12(20)10-28-18-16(23)6-5-15(22)17(18)20/h1-6,12H,7-11,24-25H2/t12-,19+,20?/m0/s1. The molecule has 1 unspecified atom stereocenters. The second kappa shape index (κ2) is 6.91. The molecule has 4 N–H and O–H groups in total. The second-order valence-corrected chi connectivity index (χ2v) is 10.5. The largest absolute Gasteiger partial charge is 0.490 e. The third kappa shape index (κ3) is 2.96. The lowest BCUT2D eigenvalue weighted by molar-refractivity contribution is 0.0877. The number of halogens is 3. The van der Waals surface area contributed by atoms with E-state index in [1.807, 2.05) is 0 Å². The first kappa shape index (κ1) is 20.5. The quantitative estimate of drug-likeness (QED) is 0.761. The van der Waals surface area contributed by atoms with Crippen molar-refractivity contribution in [2.75, 3.05) is 13.2 Å². The summed E-state index contributed by atoms with van der Waals surface area (Å²) in [6.07, 6.45) is 0.473. The van der Waals surface area contributed by atoms with E-state index >= 15 is 4.39 Å². The highest BCUT2D eigenvalue weighted by molar-refractivity contribution is 7.92. The monoisotopic (exact) mass is 442 g/mol. The third-order valence-corrected chi connectivity index (χ3v) is 9.07. The van der Waals surface area contributed by atoms with Gasteiger partial charge >= 0.3 is 0 Å². The van der Waals surface area contributed by atoms with Crippen molar-refractivity contribution in [3.8, 4) is 5.75 Å². The van der Waals surface area contributed by atoms with E-state index in [0.717, 1.165) is 12.1 Å². The van der Waals surface area contributed by atoms with Gasteiger partial charge in [-0.05, 0) is 55.7 Å². The summed E-state index contributed by atoms with van der Waals surface area (Å²) in [5, 5.41) is 0.371. The molecule has 1 heterocycles. The maximum absolute atomic E-state index is 15.1. The van der Waals surface area contributed by atoms with Crippen LogP contribution in [0.1, 0.15) is 24.8 Å². The van der Waals surface area contributed by atoms with Crippen molar-refractivity contribution >= 4 is 21.4 Å². The van der Waals surface area contributed by atoms with E-state index in [1.54, 1.807) is 0 Å². The van der Waals surface area contributed by atoms with Gasteiger partial charge < -0.3 is 16.2 Å². The highest BCUT2D eigenvalue weighted by Gasteiger charge is 2.61. The Bertz CT molecular complexity index is 1060. The Labute approximate surface area is 172 Å². The highest BCUT2D eigenvalue weighted by Crippen LogP contribution is 2.57. The first-order valence-electron chi connectivity index (χ1n) is 9.25. The molecule has 0 aromatic heterocycles. The highest BCUT2D eigenvalue weighted by atomic mass is 35.5. The van der Waals surface area contributed by atoms with E-state index in [1.165, 1.54) is 24.3 Å². The number of ether oxygens (including phenoxy) is 1. The minimum absolute atomic E-state index is 0.00700. The molecular formula is C20H21ClF2N2O3S. The third-order valence-electron chi connectivity index (χ3n) is 6.23. The predicted molar refractivity (Wildman–Crippen MR) is 105 cm³/mol. The lowest BCUT2D eigenvalue weighted by Crippen LogP contribution is -2.61. The Morgan fingerprint density at radius 3 is 2.41 bits per heavy atom. The van der Waals surface area contributed by atoms with E-state index < -0.39 is 37.7 Å². The van der Waals surface area contributed by atoms with Crippen LogP contribution in [-0.4, -0.2) is 27.1 Å². The molecule has 2 aliphatic rings. The fourth-order valence-corrected chi connectivity index (χ4v) is 7.13. The summed E-state index contributed by atoms with van der Waals surface area (Å²) in [6, 6.07) is 7.54. The molecule has 1 aliphatic heterocycles. The minimum atomic E-state index is -4.15. The summed E-state index contributed by atoms with van der Waals surface area (Å²) < 4.78 is 61.2. The number of fused-ring (bicyclic) bond motifs is 3. The lowest BCUT2D eigenvalue weighted by atomic mass is 9.66. The van der Waals surface area contributed by atoms with Crippen LogP contribution in [0.25, 0.3) is 0 Å². The fraction of sp³-hybridized carbons (Fsp3) is 0.400. The molecule has 4 rings (SSSR count). The molecule has 2 aromatic carbocycles. The van der Waals surface area contributed by atoms with Crippen LogP contribution >= 0.6 is 11.6 Å². The number of rotatable bonds is 3. The summed E-state index contributed by atoms with van der Waals surface area (Å²) in [7, 11) is -4.15. The molecule has 156 valence electrons. The number of sulfone groups is 1. The maximum Gasteiger partial charge on any atom is 0.188 e. The lowest BCUT2D eigenvalue weighted by Gasteiger charge is -2.51. The molecule has 1 fully saturated rings. The van der Waals surface area contributed by atoms with Gasteiger partial charge in [-0.15, -0.1) is 0 Å². The Morgan fingerprint density at radius 1 is 1.10 bits per heavy atom. The number of nitrogens with two attached hydrogens (primary N) is 2. The average Bonchev–Trinajstić information content (AvgIpc) is 2.70. The van der Waals surface area contributed by atoms with Crippen LogP contribution in [-0.2, 0) is 14.6 Å². The van der Waals surface area contributed by atoms with Crippen LogP contribution in [0.15, 0.2) is 41.3 Å². The summed E-state index contributed by atoms with van der Waals surface area (Å²) in [4.78, 5) is -0.0133. The Balaban J connectivity index is 2.00. The molecular weight excluding hydrogens is 422 g/mol. The number of hydrogen-bond donors (Lipinski definition) is 2. The van der Waals surface area contributed by atoms with E-state index in [4.69, 9.17) is 27.8 Å². The van der Waals surface area contributed by atoms with E-state index in [2.05, 4.69) is 0 Å². The molecule has 9 heteroatoms. The smallest absolute Gasteiger partial charge is 0.188 e. The van der Waals surface area contributed by atoms with Gasteiger partial charge in [0.25, 0.3) is 0 Å². The van der Waals surface area contributed by atoms with E-state index in [0.29, 0.717) is 5.02 Å². The van der Waals surface area contributed by atoms with Crippen molar-refractivity contribution in [2.24, 2.45) is 17.4 Å². The summed E-state index contributed by atoms with van der Waals surface area (Å²) >= 11 is 5.91. The van der Waals surface area contributed by atoms with Gasteiger partial charge in [0.2, 0.25) is 0 Å². The van der Waals surface area contributed by atoms with Gasteiger partial charge in [-0.1, -0.05) is 11.6 Å². The number of benzene rings is 2. The zero-order chi connectivity index (χ0) is 21.0. The minimum Gasteiger partial charge on any atom is -0.490 e. The van der Waals surface area contributed by atoms with Crippen LogP contribution in [0.5, 0.6) is 5.75 Å². The molecule has 0 amide bonds. The maximum atomic E-state index is 15.1. The van der Waals surface area contributed by atoms with Crippen LogP contribution in [0.4, 0.5) is 8.78 Å². The zero-order valence-electron chi connectivity index (χ0n) is 15.5. The summed E-state index contributed by atoms with van der Waals surface area (Å²) in [5.41, 5.74) is 11.1. The van der Waals surface area contributed by atoms with Crippen molar-refractivity contribution in [1.29, 1.82) is 0 Å². The van der Waals surface area contributed by atoms with Crippen molar-refractivity contribution in [1.82, 2.24) is 0 Å². The summed E-state index contributed by atoms with van der Waals surface area (Å²) in [6.45, 7) is 0.0538. The van der Waals surface area contributed by atoms with E-state index in [9.17, 15) is 12.8 Å². The molecule has 1 aliphatic carbocycles. The van der Waals surface area contributed by atoms with Crippen molar-refractivity contribution in [3.05, 3.63) is 58.6 Å². The molecule has 2 aromatic rings. The number of hydrogen-bond acceptors (Lipinski definition) is 5. The second-order valence-electron chi connectivity index (χ2n) is 7.86. The Hall–Kier alpha value is -1.74. The topological polar surface area (TPSA) is 95.4 Å². The molecule has 0 bridgehead atoms. The van der Waals surface area contributed by atoms with Gasteiger partial charge in [0.05, 0.1) is 17.1 Å². The molecule has 5 nitrogen and oxygen atoms in total. The van der Waals surface area contributed by atoms with Crippen molar-refractivity contribution in [3.63, 3.8) is 0 Å². The molecule has 0 saturated heterocycles. The normalized spacial score (nSPS) is 28.9. The first-order valence-corrected chi connectivity index (χ1v) is 11.1. The molecule has 0 radical (unpaired) electrons. The van der Waals surface area contributed by atoms with Crippen molar-refractivity contribution in [2.45, 2.75) is 34.4 Å². The van der Waals surface area contributed by atoms with Gasteiger partial charge in [0, 0.05) is 23.0 Å². The Morgan fingerprint density at radius 2 is 1.76 bits per heavy atom. The van der Waals surface area contributed by atoms with Crippen LogP contribution in [0.2, 0.25) is 5.02 Å². The van der Waals surface area contributed by atoms with Crippen LogP contribution in [0.3, 0.4) is 0 Å². The molecule has 29 heavy (non-hydrogen) atoms. The fourth-order valence-electron chi connectivity index (χ4n) is 4.67. The van der Waals surface area contributed by atoms with Gasteiger partial charge in [-0.25, -0.2) is 17.2 Å². The zero-order valence-corrected chi connectivity index (χ0v) is 17.1. The molecule has 3 atom stereocenters. The molecule has 0 spiro atoms. The van der Waals surface area contributed by atoms with Gasteiger partial charge in [-0.2, -0.15) is 0 Å². The van der Waals surface area contributed by atoms with Crippen LogP contribution in [0, 0.1) is 17.6 Å².